The Kier molecular flexibility index (Phi) is 7.25. The highest BCUT2D eigenvalue weighted by atomic mass is 16.2. The number of benzene rings is 1. The lowest BCUT2D eigenvalue weighted by molar-refractivity contribution is -0.885. The van der Waals surface area contributed by atoms with E-state index in [0.717, 1.165) is 43.5 Å². The third-order valence-electron chi connectivity index (χ3n) is 4.59. The van der Waals surface area contributed by atoms with E-state index in [1.54, 1.807) is 0 Å². The first kappa shape index (κ1) is 18.5. The van der Waals surface area contributed by atoms with E-state index in [1.807, 2.05) is 7.05 Å². The molecular formula is C19H30N3O2+. The number of amides is 3. The van der Waals surface area contributed by atoms with Crippen molar-refractivity contribution in [1.82, 2.24) is 10.6 Å². The molecule has 3 amide bonds. The van der Waals surface area contributed by atoms with Crippen molar-refractivity contribution in [3.05, 3.63) is 35.4 Å². The van der Waals surface area contributed by atoms with Gasteiger partial charge in [-0.25, -0.2) is 4.79 Å². The number of rotatable bonds is 6. The molecule has 0 spiro atoms. The van der Waals surface area contributed by atoms with Crippen molar-refractivity contribution in [2.75, 3.05) is 13.6 Å². The number of urea groups is 1. The SMILES string of the molecule is CCc1ccc(C[NH+](C)CC(=O)NC(=O)NC2CCCCC2)cc1. The number of imide groups is 1. The maximum Gasteiger partial charge on any atom is 0.321 e. The molecule has 0 heterocycles. The van der Waals surface area contributed by atoms with E-state index in [0.29, 0.717) is 0 Å². The molecule has 1 aliphatic carbocycles. The minimum absolute atomic E-state index is 0.216. The maximum atomic E-state index is 12.0. The average Bonchev–Trinajstić information content (AvgIpc) is 2.56. The van der Waals surface area contributed by atoms with Crippen LogP contribution in [0.5, 0.6) is 0 Å². The molecule has 1 saturated carbocycles. The van der Waals surface area contributed by atoms with Crippen molar-refractivity contribution < 1.29 is 14.5 Å². The number of carbonyl (C=O) groups excluding carboxylic acids is 2. The molecule has 1 aromatic carbocycles. The molecule has 0 aromatic heterocycles. The molecule has 0 bridgehead atoms. The summed E-state index contributed by atoms with van der Waals surface area (Å²) in [6.45, 7) is 3.18. The molecule has 132 valence electrons. The van der Waals surface area contributed by atoms with Crippen LogP contribution in [0, 0.1) is 0 Å². The first-order valence-corrected chi connectivity index (χ1v) is 9.06. The highest BCUT2D eigenvalue weighted by molar-refractivity contribution is 5.94. The van der Waals surface area contributed by atoms with E-state index < -0.39 is 0 Å². The zero-order chi connectivity index (χ0) is 17.4. The minimum Gasteiger partial charge on any atom is -0.335 e. The highest BCUT2D eigenvalue weighted by Crippen LogP contribution is 2.17. The summed E-state index contributed by atoms with van der Waals surface area (Å²) in [7, 11) is 1.96. The lowest BCUT2D eigenvalue weighted by Crippen LogP contribution is -3.09. The zero-order valence-corrected chi connectivity index (χ0v) is 14.9. The van der Waals surface area contributed by atoms with Crippen molar-refractivity contribution in [3.8, 4) is 0 Å². The highest BCUT2D eigenvalue weighted by Gasteiger charge is 2.18. The van der Waals surface area contributed by atoms with Gasteiger partial charge >= 0.3 is 6.03 Å². The predicted octanol–water partition coefficient (Wildman–Crippen LogP) is 1.42. The second-order valence-corrected chi connectivity index (χ2v) is 6.84. The van der Waals surface area contributed by atoms with Gasteiger partial charge in [-0.3, -0.25) is 10.1 Å². The van der Waals surface area contributed by atoms with Crippen LogP contribution >= 0.6 is 0 Å². The molecule has 0 aliphatic heterocycles. The van der Waals surface area contributed by atoms with Gasteiger partial charge < -0.3 is 10.2 Å². The third-order valence-corrected chi connectivity index (χ3v) is 4.59. The summed E-state index contributed by atoms with van der Waals surface area (Å²) >= 11 is 0. The van der Waals surface area contributed by atoms with Gasteiger partial charge in [0.2, 0.25) is 0 Å². The molecule has 1 atom stereocenters. The molecule has 0 radical (unpaired) electrons. The fraction of sp³-hybridized carbons (Fsp3) is 0.579. The van der Waals surface area contributed by atoms with Crippen molar-refractivity contribution in [2.24, 2.45) is 0 Å². The zero-order valence-electron chi connectivity index (χ0n) is 14.9. The van der Waals surface area contributed by atoms with Gasteiger partial charge in [0.1, 0.15) is 6.54 Å². The summed E-state index contributed by atoms with van der Waals surface area (Å²) in [5, 5.41) is 5.36. The molecule has 3 N–H and O–H groups in total. The van der Waals surface area contributed by atoms with Crippen molar-refractivity contribution >= 4 is 11.9 Å². The van der Waals surface area contributed by atoms with E-state index in [-0.39, 0.29) is 24.5 Å². The summed E-state index contributed by atoms with van der Waals surface area (Å²) < 4.78 is 0. The Bertz CT molecular complexity index is 536. The van der Waals surface area contributed by atoms with Crippen LogP contribution in [0.2, 0.25) is 0 Å². The Morgan fingerprint density at radius 3 is 2.33 bits per heavy atom. The number of quaternary nitrogens is 1. The number of hydrogen-bond donors (Lipinski definition) is 3. The average molecular weight is 332 g/mol. The van der Waals surface area contributed by atoms with Gasteiger partial charge in [-0.1, -0.05) is 50.5 Å². The molecule has 0 saturated heterocycles. The van der Waals surface area contributed by atoms with Crippen LogP contribution in [0.4, 0.5) is 4.79 Å². The summed E-state index contributed by atoms with van der Waals surface area (Å²) in [4.78, 5) is 24.9. The number of nitrogens with one attached hydrogen (secondary N) is 3. The summed E-state index contributed by atoms with van der Waals surface area (Å²) in [5.74, 6) is -0.231. The normalized spacial score (nSPS) is 16.4. The minimum atomic E-state index is -0.355. The molecular weight excluding hydrogens is 302 g/mol. The lowest BCUT2D eigenvalue weighted by atomic mass is 9.96. The smallest absolute Gasteiger partial charge is 0.321 e. The van der Waals surface area contributed by atoms with E-state index in [2.05, 4.69) is 41.8 Å². The van der Waals surface area contributed by atoms with Crippen molar-refractivity contribution in [1.29, 1.82) is 0 Å². The van der Waals surface area contributed by atoms with Gasteiger partial charge in [0.05, 0.1) is 7.05 Å². The van der Waals surface area contributed by atoms with Crippen molar-refractivity contribution in [2.45, 2.75) is 58.0 Å². The summed E-state index contributed by atoms with van der Waals surface area (Å²) in [6.07, 6.45) is 6.61. The van der Waals surface area contributed by atoms with Crippen LogP contribution < -0.4 is 15.5 Å². The Morgan fingerprint density at radius 2 is 1.71 bits per heavy atom. The van der Waals surface area contributed by atoms with Crippen LogP contribution in [-0.4, -0.2) is 31.6 Å². The predicted molar refractivity (Wildman–Crippen MR) is 94.8 cm³/mol. The van der Waals surface area contributed by atoms with Crippen LogP contribution in [0.1, 0.15) is 50.2 Å². The molecule has 5 heteroatoms. The van der Waals surface area contributed by atoms with Crippen LogP contribution in [0.3, 0.4) is 0 Å². The lowest BCUT2D eigenvalue weighted by Gasteiger charge is -2.22. The maximum absolute atomic E-state index is 12.0. The monoisotopic (exact) mass is 332 g/mol. The van der Waals surface area contributed by atoms with Gasteiger partial charge in [-0.15, -0.1) is 0 Å². The summed E-state index contributed by atoms with van der Waals surface area (Å²) in [6, 6.07) is 8.33. The van der Waals surface area contributed by atoms with E-state index in [1.165, 1.54) is 17.5 Å². The second kappa shape index (κ2) is 9.42. The molecule has 24 heavy (non-hydrogen) atoms. The fourth-order valence-electron chi connectivity index (χ4n) is 3.22. The Morgan fingerprint density at radius 1 is 1.08 bits per heavy atom. The van der Waals surface area contributed by atoms with Gasteiger partial charge in [0.15, 0.2) is 6.54 Å². The first-order valence-electron chi connectivity index (χ1n) is 9.06. The largest absolute Gasteiger partial charge is 0.335 e. The van der Waals surface area contributed by atoms with E-state index in [9.17, 15) is 9.59 Å². The molecule has 2 rings (SSSR count). The number of likely N-dealkylation sites (N-methyl/N-ethyl adjacent to an activating group) is 1. The van der Waals surface area contributed by atoms with Gasteiger partial charge in [0.25, 0.3) is 5.91 Å². The number of carbonyl (C=O) groups is 2. The second-order valence-electron chi connectivity index (χ2n) is 6.84. The van der Waals surface area contributed by atoms with Crippen LogP contribution in [-0.2, 0) is 17.8 Å². The van der Waals surface area contributed by atoms with Crippen LogP contribution in [0.15, 0.2) is 24.3 Å². The van der Waals surface area contributed by atoms with E-state index >= 15 is 0 Å². The molecule has 1 aromatic rings. The van der Waals surface area contributed by atoms with Gasteiger partial charge in [0, 0.05) is 11.6 Å². The number of aryl methyl sites for hydroxylation is 1. The standard InChI is InChI=1S/C19H29N3O2/c1-3-15-9-11-16(12-10-15)13-22(2)14-18(23)21-19(24)20-17-7-5-4-6-8-17/h9-12,17H,3-8,13-14H2,1-2H3,(H2,20,21,23,24)/p+1. The van der Waals surface area contributed by atoms with Crippen molar-refractivity contribution in [3.63, 3.8) is 0 Å². The van der Waals surface area contributed by atoms with Crippen LogP contribution in [0.25, 0.3) is 0 Å². The van der Waals surface area contributed by atoms with Gasteiger partial charge in [-0.2, -0.15) is 0 Å². The van der Waals surface area contributed by atoms with Gasteiger partial charge in [-0.05, 0) is 24.8 Å². The quantitative estimate of drug-likeness (QED) is 0.738. The molecule has 1 fully saturated rings. The number of hydrogen-bond acceptors (Lipinski definition) is 2. The Hall–Kier alpha value is -1.88. The van der Waals surface area contributed by atoms with E-state index in [4.69, 9.17) is 0 Å². The molecule has 1 unspecified atom stereocenters. The molecule has 5 nitrogen and oxygen atoms in total. The topological polar surface area (TPSA) is 62.6 Å². The first-order chi connectivity index (χ1) is 11.6. The Labute approximate surface area is 144 Å². The fourth-order valence-corrected chi connectivity index (χ4v) is 3.22. The Balaban J connectivity index is 1.71. The summed E-state index contributed by atoms with van der Waals surface area (Å²) in [5.41, 5.74) is 2.51. The molecule has 1 aliphatic rings. The third kappa shape index (κ3) is 6.32.